The van der Waals surface area contributed by atoms with E-state index in [1.807, 2.05) is 10.8 Å². The van der Waals surface area contributed by atoms with E-state index in [1.165, 1.54) is 22.5 Å². The number of allylic oxidation sites excluding steroid dienone is 5. The van der Waals surface area contributed by atoms with Crippen molar-refractivity contribution in [1.29, 1.82) is 0 Å². The lowest BCUT2D eigenvalue weighted by Crippen LogP contribution is -2.46. The van der Waals surface area contributed by atoms with Crippen molar-refractivity contribution in [3.63, 3.8) is 0 Å². The highest BCUT2D eigenvalue weighted by molar-refractivity contribution is 8.04. The molecule has 1 aliphatic carbocycles. The molecule has 1 aromatic rings. The first-order valence-corrected chi connectivity index (χ1v) is 9.18. The first-order chi connectivity index (χ1) is 10.4. The maximum atomic E-state index is 12.8. The van der Waals surface area contributed by atoms with Crippen molar-refractivity contribution in [2.24, 2.45) is 5.92 Å². The Hall–Kier alpha value is -1.26. The molecule has 2 aliphatic rings. The summed E-state index contributed by atoms with van der Waals surface area (Å²) in [5.74, 6) is 0.550. The van der Waals surface area contributed by atoms with Crippen molar-refractivity contribution >= 4 is 28.9 Å². The molecule has 0 saturated carbocycles. The average Bonchev–Trinajstić information content (AvgIpc) is 3.01. The van der Waals surface area contributed by atoms with Gasteiger partial charge in [0.1, 0.15) is 10.5 Å². The molecule has 2 nitrogen and oxygen atoms in total. The van der Waals surface area contributed by atoms with E-state index in [2.05, 4.69) is 32.9 Å². The SMILES string of the molecule is CC(C)=C[C@H]1CC(C)=C[C@@H](c2sccc2O)[C@@]12SC=CC2=O. The van der Waals surface area contributed by atoms with Gasteiger partial charge < -0.3 is 5.11 Å². The molecule has 1 aromatic heterocycles. The van der Waals surface area contributed by atoms with Crippen molar-refractivity contribution in [3.8, 4) is 5.75 Å². The van der Waals surface area contributed by atoms with Gasteiger partial charge in [-0.3, -0.25) is 4.79 Å². The van der Waals surface area contributed by atoms with Gasteiger partial charge in [0, 0.05) is 11.8 Å². The van der Waals surface area contributed by atoms with Crippen LogP contribution in [0.5, 0.6) is 5.75 Å². The third kappa shape index (κ3) is 2.38. The number of rotatable bonds is 2. The lowest BCUT2D eigenvalue weighted by molar-refractivity contribution is -0.117. The largest absolute Gasteiger partial charge is 0.507 e. The van der Waals surface area contributed by atoms with Crippen LogP contribution in [-0.4, -0.2) is 15.6 Å². The predicted molar refractivity (Wildman–Crippen MR) is 94.5 cm³/mol. The second kappa shape index (κ2) is 5.74. The standard InChI is InChI=1S/C18H20O2S2/c1-11(2)8-13-9-12(3)10-14(17-15(19)4-6-21-17)18(13)16(20)5-7-22-18/h4-8,10,13-14,19H,9H2,1-3H3/t13-,14-,18-/m0/s1. The van der Waals surface area contributed by atoms with Crippen LogP contribution in [0, 0.1) is 5.92 Å². The van der Waals surface area contributed by atoms with Crippen molar-refractivity contribution in [2.75, 3.05) is 0 Å². The third-order valence-corrected chi connectivity index (χ3v) is 6.77. The molecule has 4 heteroatoms. The molecule has 1 spiro atoms. The average molecular weight is 332 g/mol. The molecular weight excluding hydrogens is 312 g/mol. The lowest BCUT2D eigenvalue weighted by Gasteiger charge is -2.43. The zero-order valence-corrected chi connectivity index (χ0v) is 14.6. The van der Waals surface area contributed by atoms with Crippen LogP contribution in [0.3, 0.4) is 0 Å². The molecule has 22 heavy (non-hydrogen) atoms. The first kappa shape index (κ1) is 15.6. The molecule has 0 aromatic carbocycles. The number of hydrogen-bond donors (Lipinski definition) is 1. The second-order valence-corrected chi connectivity index (χ2v) is 8.42. The summed E-state index contributed by atoms with van der Waals surface area (Å²) < 4.78 is -0.543. The molecule has 3 atom stereocenters. The minimum Gasteiger partial charge on any atom is -0.507 e. The lowest BCUT2D eigenvalue weighted by atomic mass is 9.69. The van der Waals surface area contributed by atoms with Crippen LogP contribution in [-0.2, 0) is 4.79 Å². The Bertz CT molecular complexity index is 692. The van der Waals surface area contributed by atoms with Gasteiger partial charge in [-0.2, -0.15) is 0 Å². The van der Waals surface area contributed by atoms with Gasteiger partial charge >= 0.3 is 0 Å². The Balaban J connectivity index is 2.18. The fourth-order valence-electron chi connectivity index (χ4n) is 3.50. The van der Waals surface area contributed by atoms with E-state index in [0.29, 0.717) is 5.75 Å². The van der Waals surface area contributed by atoms with Crippen LogP contribution in [0.2, 0.25) is 0 Å². The minimum atomic E-state index is -0.543. The smallest absolute Gasteiger partial charge is 0.174 e. The maximum Gasteiger partial charge on any atom is 0.174 e. The van der Waals surface area contributed by atoms with Crippen molar-refractivity contribution < 1.29 is 9.90 Å². The fourth-order valence-corrected chi connectivity index (χ4v) is 5.77. The first-order valence-electron chi connectivity index (χ1n) is 7.42. The van der Waals surface area contributed by atoms with Gasteiger partial charge in [-0.15, -0.1) is 23.1 Å². The van der Waals surface area contributed by atoms with Crippen LogP contribution in [0.15, 0.2) is 46.2 Å². The van der Waals surface area contributed by atoms with E-state index in [4.69, 9.17) is 0 Å². The maximum absolute atomic E-state index is 12.8. The van der Waals surface area contributed by atoms with Crippen LogP contribution in [0.4, 0.5) is 0 Å². The number of carbonyl (C=O) groups excluding carboxylic acids is 1. The third-order valence-electron chi connectivity index (χ3n) is 4.36. The van der Waals surface area contributed by atoms with Gasteiger partial charge in [-0.25, -0.2) is 0 Å². The Morgan fingerprint density at radius 1 is 1.45 bits per heavy atom. The zero-order valence-electron chi connectivity index (χ0n) is 13.0. The molecular formula is C18H20O2S2. The molecule has 0 fully saturated rings. The summed E-state index contributed by atoms with van der Waals surface area (Å²) in [6.45, 7) is 6.28. The summed E-state index contributed by atoms with van der Waals surface area (Å²) >= 11 is 3.15. The number of hydrogen-bond acceptors (Lipinski definition) is 4. The molecule has 0 amide bonds. The molecule has 2 heterocycles. The van der Waals surface area contributed by atoms with E-state index < -0.39 is 4.75 Å². The zero-order chi connectivity index (χ0) is 15.9. The topological polar surface area (TPSA) is 37.3 Å². The quantitative estimate of drug-likeness (QED) is 0.771. The Morgan fingerprint density at radius 2 is 2.23 bits per heavy atom. The van der Waals surface area contributed by atoms with Crippen LogP contribution in [0.1, 0.15) is 38.0 Å². The Morgan fingerprint density at radius 3 is 2.77 bits per heavy atom. The molecule has 0 saturated heterocycles. The van der Waals surface area contributed by atoms with Crippen LogP contribution < -0.4 is 0 Å². The second-order valence-electron chi connectivity index (χ2n) is 6.29. The molecule has 116 valence electrons. The summed E-state index contributed by atoms with van der Waals surface area (Å²) in [6.07, 6.45) is 7.00. The van der Waals surface area contributed by atoms with Gasteiger partial charge in [0.2, 0.25) is 0 Å². The highest BCUT2D eigenvalue weighted by atomic mass is 32.2. The number of thioether (sulfide) groups is 1. The van der Waals surface area contributed by atoms with Gasteiger partial charge in [0.05, 0.1) is 4.88 Å². The highest BCUT2D eigenvalue weighted by Crippen LogP contribution is 2.57. The number of ketones is 1. The van der Waals surface area contributed by atoms with E-state index in [9.17, 15) is 9.90 Å². The molecule has 0 unspecified atom stereocenters. The van der Waals surface area contributed by atoms with Crippen molar-refractivity contribution in [2.45, 2.75) is 37.9 Å². The number of thiophene rings is 1. The highest BCUT2D eigenvalue weighted by Gasteiger charge is 2.54. The van der Waals surface area contributed by atoms with E-state index in [-0.39, 0.29) is 17.6 Å². The van der Waals surface area contributed by atoms with Gasteiger partial charge in [0.25, 0.3) is 0 Å². The summed E-state index contributed by atoms with van der Waals surface area (Å²) in [7, 11) is 0. The fraction of sp³-hybridized carbons (Fsp3) is 0.389. The van der Waals surface area contributed by atoms with E-state index in [1.54, 1.807) is 23.9 Å². The monoisotopic (exact) mass is 332 g/mol. The Labute approximate surface area is 139 Å². The Kier molecular flexibility index (Phi) is 4.08. The van der Waals surface area contributed by atoms with Gasteiger partial charge in [-0.1, -0.05) is 23.3 Å². The molecule has 3 rings (SSSR count). The van der Waals surface area contributed by atoms with Gasteiger partial charge in [0.15, 0.2) is 5.78 Å². The normalized spacial score (nSPS) is 30.7. The van der Waals surface area contributed by atoms with Crippen LogP contribution in [0.25, 0.3) is 0 Å². The van der Waals surface area contributed by atoms with Gasteiger partial charge in [-0.05, 0) is 50.1 Å². The van der Waals surface area contributed by atoms with Crippen molar-refractivity contribution in [3.05, 3.63) is 51.1 Å². The minimum absolute atomic E-state index is 0.0747. The van der Waals surface area contributed by atoms with E-state index >= 15 is 0 Å². The molecule has 0 radical (unpaired) electrons. The predicted octanol–water partition coefficient (Wildman–Crippen LogP) is 5.04. The summed E-state index contributed by atoms with van der Waals surface area (Å²) in [6, 6.07) is 1.72. The molecule has 1 aliphatic heterocycles. The summed E-state index contributed by atoms with van der Waals surface area (Å²) in [4.78, 5) is 13.7. The van der Waals surface area contributed by atoms with E-state index in [0.717, 1.165) is 11.3 Å². The van der Waals surface area contributed by atoms with Crippen molar-refractivity contribution in [1.82, 2.24) is 0 Å². The van der Waals surface area contributed by atoms with Crippen LogP contribution >= 0.6 is 23.1 Å². The number of carbonyl (C=O) groups is 1. The molecule has 1 N–H and O–H groups in total. The number of aromatic hydroxyl groups is 1. The summed E-state index contributed by atoms with van der Waals surface area (Å²) in [5, 5.41) is 14.0. The summed E-state index contributed by atoms with van der Waals surface area (Å²) in [5.41, 5.74) is 2.51. The molecule has 0 bridgehead atoms.